The Morgan fingerprint density at radius 1 is 1.44 bits per heavy atom. The van der Waals surface area contributed by atoms with Crippen molar-refractivity contribution in [3.8, 4) is 0 Å². The van der Waals surface area contributed by atoms with Crippen LogP contribution in [0.5, 0.6) is 0 Å². The number of carbonyl (C=O) groups is 1. The minimum Gasteiger partial charge on any atom is -0.478 e. The van der Waals surface area contributed by atoms with E-state index in [2.05, 4.69) is 9.97 Å². The predicted octanol–water partition coefficient (Wildman–Crippen LogP) is 2.06. The normalized spacial score (nSPS) is 10.2. The Morgan fingerprint density at radius 2 is 2.19 bits per heavy atom. The number of rotatable bonds is 4. The molecule has 1 N–H and O–H groups in total. The minimum atomic E-state index is -0.990. The fraction of sp³-hybridized carbons (Fsp3) is 0.100. The molecule has 82 valence electrons. The summed E-state index contributed by atoms with van der Waals surface area (Å²) in [6.07, 6.45) is 4.53. The maximum absolute atomic E-state index is 10.6. The zero-order chi connectivity index (χ0) is 11.4. The van der Waals surface area contributed by atoms with Crippen molar-refractivity contribution in [2.24, 2.45) is 0 Å². The molecule has 2 aromatic rings. The van der Waals surface area contributed by atoms with Gasteiger partial charge in [-0.2, -0.15) is 0 Å². The second kappa shape index (κ2) is 4.80. The number of aromatic nitrogens is 2. The van der Waals surface area contributed by atoms with Crippen LogP contribution in [0.2, 0.25) is 0 Å². The molecular formula is C10H8N2O3S. The number of furan rings is 1. The molecule has 0 amide bonds. The van der Waals surface area contributed by atoms with Gasteiger partial charge in [-0.1, -0.05) is 11.8 Å². The summed E-state index contributed by atoms with van der Waals surface area (Å²) in [4.78, 5) is 18.7. The van der Waals surface area contributed by atoms with Crippen molar-refractivity contribution >= 4 is 17.7 Å². The minimum absolute atomic E-state index is 0.157. The fourth-order valence-corrected chi connectivity index (χ4v) is 1.76. The average molecular weight is 236 g/mol. The molecule has 0 fully saturated rings. The number of carboxylic acid groups (broad SMARTS) is 1. The van der Waals surface area contributed by atoms with Crippen LogP contribution < -0.4 is 0 Å². The van der Waals surface area contributed by atoms with Crippen molar-refractivity contribution in [1.29, 1.82) is 0 Å². The number of hydrogen-bond donors (Lipinski definition) is 1. The second-order valence-electron chi connectivity index (χ2n) is 2.93. The van der Waals surface area contributed by atoms with Crippen LogP contribution in [0.1, 0.15) is 16.1 Å². The highest BCUT2D eigenvalue weighted by molar-refractivity contribution is 7.98. The van der Waals surface area contributed by atoms with E-state index < -0.39 is 5.97 Å². The smallest absolute Gasteiger partial charge is 0.338 e. The highest BCUT2D eigenvalue weighted by atomic mass is 32.2. The Bertz CT molecular complexity index is 484. The summed E-state index contributed by atoms with van der Waals surface area (Å²) in [5.74, 6) is 0.114. The van der Waals surface area contributed by atoms with Gasteiger partial charge in [0.05, 0.1) is 11.3 Å². The Balaban J connectivity index is 1.97. The summed E-state index contributed by atoms with van der Waals surface area (Å²) in [5.41, 5.74) is 0.157. The van der Waals surface area contributed by atoms with E-state index in [0.717, 1.165) is 0 Å². The van der Waals surface area contributed by atoms with Crippen molar-refractivity contribution < 1.29 is 14.3 Å². The zero-order valence-electron chi connectivity index (χ0n) is 8.16. The molecule has 0 unspecified atom stereocenters. The molecular weight excluding hydrogens is 228 g/mol. The van der Waals surface area contributed by atoms with Crippen LogP contribution in [0.3, 0.4) is 0 Å². The molecule has 0 aliphatic carbocycles. The first-order chi connectivity index (χ1) is 7.75. The lowest BCUT2D eigenvalue weighted by molar-refractivity contribution is 0.0696. The van der Waals surface area contributed by atoms with Gasteiger partial charge >= 0.3 is 5.97 Å². The molecule has 0 saturated heterocycles. The average Bonchev–Trinajstić information content (AvgIpc) is 2.76. The van der Waals surface area contributed by atoms with Crippen molar-refractivity contribution in [1.82, 2.24) is 9.97 Å². The summed E-state index contributed by atoms with van der Waals surface area (Å²) in [6, 6.07) is 3.23. The summed E-state index contributed by atoms with van der Waals surface area (Å²) < 4.78 is 5.09. The van der Waals surface area contributed by atoms with E-state index in [9.17, 15) is 4.79 Å². The third-order valence-electron chi connectivity index (χ3n) is 1.79. The standard InChI is InChI=1S/C10H8N2O3S/c13-9(14)7-4-8(15-5-7)6-16-10-11-2-1-3-12-10/h1-5H,6H2,(H,13,14). The molecule has 16 heavy (non-hydrogen) atoms. The van der Waals surface area contributed by atoms with Gasteiger partial charge < -0.3 is 9.52 Å². The first-order valence-electron chi connectivity index (χ1n) is 4.46. The number of aromatic carboxylic acids is 1. The highest BCUT2D eigenvalue weighted by Gasteiger charge is 2.08. The van der Waals surface area contributed by atoms with Crippen LogP contribution in [0.25, 0.3) is 0 Å². The van der Waals surface area contributed by atoms with E-state index in [0.29, 0.717) is 16.7 Å². The summed E-state index contributed by atoms with van der Waals surface area (Å²) >= 11 is 1.39. The molecule has 6 heteroatoms. The molecule has 0 bridgehead atoms. The van der Waals surface area contributed by atoms with Crippen LogP contribution in [-0.2, 0) is 5.75 Å². The summed E-state index contributed by atoms with van der Waals surface area (Å²) in [6.45, 7) is 0. The maximum Gasteiger partial charge on any atom is 0.338 e. The lowest BCUT2D eigenvalue weighted by Crippen LogP contribution is -1.91. The molecule has 2 rings (SSSR count). The molecule has 0 aliphatic heterocycles. The van der Waals surface area contributed by atoms with Crippen LogP contribution in [0.15, 0.2) is 40.4 Å². The molecule has 0 atom stereocenters. The van der Waals surface area contributed by atoms with Gasteiger partial charge in [0.25, 0.3) is 0 Å². The monoisotopic (exact) mass is 236 g/mol. The van der Waals surface area contributed by atoms with Crippen molar-refractivity contribution in [3.05, 3.63) is 42.1 Å². The van der Waals surface area contributed by atoms with Gasteiger partial charge in [-0.25, -0.2) is 14.8 Å². The Kier molecular flexibility index (Phi) is 3.21. The molecule has 0 aromatic carbocycles. The number of thioether (sulfide) groups is 1. The van der Waals surface area contributed by atoms with Gasteiger partial charge in [0.2, 0.25) is 0 Å². The Labute approximate surface area is 95.5 Å². The van der Waals surface area contributed by atoms with E-state index >= 15 is 0 Å². The third-order valence-corrected chi connectivity index (χ3v) is 2.68. The van der Waals surface area contributed by atoms with Gasteiger partial charge in [-0.3, -0.25) is 0 Å². The van der Waals surface area contributed by atoms with Crippen molar-refractivity contribution in [2.75, 3.05) is 0 Å². The van der Waals surface area contributed by atoms with Crippen molar-refractivity contribution in [2.45, 2.75) is 10.9 Å². The SMILES string of the molecule is O=C(O)c1coc(CSc2ncccn2)c1. The van der Waals surface area contributed by atoms with Crippen molar-refractivity contribution in [3.63, 3.8) is 0 Å². The lowest BCUT2D eigenvalue weighted by Gasteiger charge is -1.95. The van der Waals surface area contributed by atoms with E-state index in [1.54, 1.807) is 18.5 Å². The Hall–Kier alpha value is -1.82. The topological polar surface area (TPSA) is 76.2 Å². The quantitative estimate of drug-likeness (QED) is 0.646. The second-order valence-corrected chi connectivity index (χ2v) is 3.87. The molecule has 5 nitrogen and oxygen atoms in total. The zero-order valence-corrected chi connectivity index (χ0v) is 8.98. The van der Waals surface area contributed by atoms with Gasteiger partial charge in [-0.05, 0) is 12.1 Å². The number of nitrogens with zero attached hydrogens (tertiary/aromatic N) is 2. The van der Waals surface area contributed by atoms with E-state index in [-0.39, 0.29) is 5.56 Å². The Morgan fingerprint density at radius 3 is 2.81 bits per heavy atom. The predicted molar refractivity (Wildman–Crippen MR) is 57.3 cm³/mol. The highest BCUT2D eigenvalue weighted by Crippen LogP contribution is 2.19. The largest absolute Gasteiger partial charge is 0.478 e. The molecule has 0 radical (unpaired) electrons. The first-order valence-corrected chi connectivity index (χ1v) is 5.45. The van der Waals surface area contributed by atoms with E-state index in [4.69, 9.17) is 9.52 Å². The number of carboxylic acids is 1. The molecule has 2 heterocycles. The molecule has 0 saturated carbocycles. The molecule has 0 aliphatic rings. The number of hydrogen-bond acceptors (Lipinski definition) is 5. The van der Waals surface area contributed by atoms with E-state index in [1.807, 2.05) is 0 Å². The van der Waals surface area contributed by atoms with E-state index in [1.165, 1.54) is 24.1 Å². The molecule has 0 spiro atoms. The van der Waals surface area contributed by atoms with Crippen LogP contribution in [0.4, 0.5) is 0 Å². The summed E-state index contributed by atoms with van der Waals surface area (Å²) in [5, 5.41) is 9.33. The van der Waals surface area contributed by atoms with Gasteiger partial charge in [0.15, 0.2) is 5.16 Å². The third kappa shape index (κ3) is 2.60. The van der Waals surface area contributed by atoms with Gasteiger partial charge in [0, 0.05) is 12.4 Å². The first kappa shape index (κ1) is 10.7. The molecule has 2 aromatic heterocycles. The van der Waals surface area contributed by atoms with Gasteiger partial charge in [0.1, 0.15) is 12.0 Å². The lowest BCUT2D eigenvalue weighted by atomic mass is 10.3. The fourth-order valence-electron chi connectivity index (χ4n) is 1.06. The van der Waals surface area contributed by atoms with Gasteiger partial charge in [-0.15, -0.1) is 0 Å². The van der Waals surface area contributed by atoms with Crippen LogP contribution >= 0.6 is 11.8 Å². The maximum atomic E-state index is 10.6. The van der Waals surface area contributed by atoms with Crippen LogP contribution in [-0.4, -0.2) is 21.0 Å². The summed E-state index contributed by atoms with van der Waals surface area (Å²) in [7, 11) is 0. The van der Waals surface area contributed by atoms with Crippen LogP contribution in [0, 0.1) is 0 Å².